The van der Waals surface area contributed by atoms with Crippen LogP contribution in [0.15, 0.2) is 6.07 Å². The van der Waals surface area contributed by atoms with Gasteiger partial charge < -0.3 is 10.2 Å². The molecule has 5 nitrogen and oxygen atoms in total. The number of amides is 1. The van der Waals surface area contributed by atoms with E-state index in [-0.39, 0.29) is 5.91 Å². The van der Waals surface area contributed by atoms with Crippen molar-refractivity contribution in [3.8, 4) is 0 Å². The summed E-state index contributed by atoms with van der Waals surface area (Å²) in [5.74, 6) is 0.0578. The van der Waals surface area contributed by atoms with Crippen LogP contribution in [0.5, 0.6) is 0 Å². The van der Waals surface area contributed by atoms with Crippen LogP contribution in [0.4, 0.5) is 0 Å². The van der Waals surface area contributed by atoms with E-state index >= 15 is 0 Å². The summed E-state index contributed by atoms with van der Waals surface area (Å²) in [5.41, 5.74) is 2.16. The zero-order valence-corrected chi connectivity index (χ0v) is 11.9. The van der Waals surface area contributed by atoms with Crippen LogP contribution in [0.25, 0.3) is 0 Å². The topological polar surface area (TPSA) is 58.1 Å². The van der Waals surface area contributed by atoms with E-state index in [0.29, 0.717) is 17.3 Å². The van der Waals surface area contributed by atoms with Crippen molar-refractivity contribution in [1.29, 1.82) is 0 Å². The monoisotopic (exact) mass is 262 g/mol. The van der Waals surface area contributed by atoms with Crippen LogP contribution in [0, 0.1) is 13.8 Å². The molecule has 0 bridgehead atoms. The van der Waals surface area contributed by atoms with Crippen molar-refractivity contribution in [1.82, 2.24) is 20.4 Å². The Morgan fingerprint density at radius 2 is 2.11 bits per heavy atom. The molecule has 0 aliphatic carbocycles. The van der Waals surface area contributed by atoms with Crippen LogP contribution in [-0.2, 0) is 0 Å². The molecule has 1 N–H and O–H groups in total. The van der Waals surface area contributed by atoms with E-state index in [4.69, 9.17) is 0 Å². The number of hydrogen-bond acceptors (Lipinski definition) is 4. The van der Waals surface area contributed by atoms with E-state index in [0.717, 1.165) is 38.0 Å². The van der Waals surface area contributed by atoms with Gasteiger partial charge in [-0.2, -0.15) is 10.2 Å². The molecule has 1 saturated heterocycles. The average Bonchev–Trinajstić information content (AvgIpc) is 2.69. The number of aryl methyl sites for hydroxylation is 2. The third-order valence-corrected chi connectivity index (χ3v) is 3.74. The molecule has 2 heterocycles. The number of nitrogens with one attached hydrogen (secondary N) is 1. The van der Waals surface area contributed by atoms with Gasteiger partial charge in [-0.1, -0.05) is 0 Å². The third-order valence-electron chi connectivity index (χ3n) is 3.74. The van der Waals surface area contributed by atoms with Gasteiger partial charge in [-0.15, -0.1) is 0 Å². The lowest BCUT2D eigenvalue weighted by molar-refractivity contribution is 0.0719. The molecule has 1 unspecified atom stereocenters. The first kappa shape index (κ1) is 13.9. The number of hydrogen-bond donors (Lipinski definition) is 1. The summed E-state index contributed by atoms with van der Waals surface area (Å²) in [6.07, 6.45) is 3.19. The smallest absolute Gasteiger partial charge is 0.255 e. The third kappa shape index (κ3) is 3.29. The van der Waals surface area contributed by atoms with Crippen molar-refractivity contribution in [3.05, 3.63) is 23.0 Å². The van der Waals surface area contributed by atoms with Gasteiger partial charge in [0, 0.05) is 13.1 Å². The zero-order chi connectivity index (χ0) is 13.8. The first-order valence-electron chi connectivity index (χ1n) is 6.88. The zero-order valence-electron chi connectivity index (χ0n) is 11.9. The van der Waals surface area contributed by atoms with Gasteiger partial charge in [0.25, 0.3) is 5.91 Å². The van der Waals surface area contributed by atoms with Gasteiger partial charge in [0.05, 0.1) is 17.0 Å². The molecule has 0 aromatic carbocycles. The Morgan fingerprint density at radius 1 is 1.32 bits per heavy atom. The Hall–Kier alpha value is -1.49. The van der Waals surface area contributed by atoms with E-state index in [1.165, 1.54) is 0 Å². The number of carbonyl (C=O) groups excluding carboxylic acids is 1. The molecule has 1 fully saturated rings. The van der Waals surface area contributed by atoms with Crippen molar-refractivity contribution in [2.24, 2.45) is 0 Å². The minimum atomic E-state index is 0.0578. The molecule has 2 rings (SSSR count). The molecule has 1 aliphatic heterocycles. The summed E-state index contributed by atoms with van der Waals surface area (Å²) < 4.78 is 0. The fraction of sp³-hybridized carbons (Fsp3) is 0.643. The maximum Gasteiger partial charge on any atom is 0.255 e. The second-order valence-corrected chi connectivity index (χ2v) is 5.24. The van der Waals surface area contributed by atoms with Gasteiger partial charge in [0.1, 0.15) is 0 Å². The fourth-order valence-electron chi connectivity index (χ4n) is 2.51. The Kier molecular flexibility index (Phi) is 4.47. The summed E-state index contributed by atoms with van der Waals surface area (Å²) in [7, 11) is 1.90. The van der Waals surface area contributed by atoms with Crippen LogP contribution in [0.2, 0.25) is 0 Å². The van der Waals surface area contributed by atoms with E-state index in [1.807, 2.05) is 31.9 Å². The molecule has 1 amide bonds. The molecule has 1 atom stereocenters. The number of carbonyl (C=O) groups is 1. The molecule has 19 heavy (non-hydrogen) atoms. The quantitative estimate of drug-likeness (QED) is 0.873. The summed E-state index contributed by atoms with van der Waals surface area (Å²) in [6, 6.07) is 2.14. The van der Waals surface area contributed by atoms with Crippen molar-refractivity contribution in [2.75, 3.05) is 20.1 Å². The molecule has 0 saturated carbocycles. The highest BCUT2D eigenvalue weighted by molar-refractivity contribution is 5.95. The molecule has 5 heteroatoms. The maximum atomic E-state index is 12.6. The first-order chi connectivity index (χ1) is 9.09. The normalized spacial score (nSPS) is 19.8. The van der Waals surface area contributed by atoms with E-state index in [9.17, 15) is 4.79 Å². The molecule has 1 aromatic rings. The predicted molar refractivity (Wildman–Crippen MR) is 74.1 cm³/mol. The van der Waals surface area contributed by atoms with Crippen molar-refractivity contribution in [3.63, 3.8) is 0 Å². The summed E-state index contributed by atoms with van der Waals surface area (Å²) in [5, 5.41) is 11.4. The summed E-state index contributed by atoms with van der Waals surface area (Å²) >= 11 is 0. The minimum Gasteiger partial charge on any atom is -0.339 e. The number of rotatable bonds is 2. The van der Waals surface area contributed by atoms with Gasteiger partial charge in [0.2, 0.25) is 0 Å². The molecule has 1 aromatic heterocycles. The van der Waals surface area contributed by atoms with Crippen LogP contribution < -0.4 is 5.32 Å². The molecule has 104 valence electrons. The molecule has 1 aliphatic rings. The van der Waals surface area contributed by atoms with E-state index in [1.54, 1.807) is 0 Å². The molecular formula is C14H22N4O. The van der Waals surface area contributed by atoms with Crippen LogP contribution in [0.3, 0.4) is 0 Å². The first-order valence-corrected chi connectivity index (χ1v) is 6.88. The Balaban J connectivity index is 2.15. The summed E-state index contributed by atoms with van der Waals surface area (Å²) in [4.78, 5) is 14.4. The van der Waals surface area contributed by atoms with Crippen LogP contribution in [0.1, 0.15) is 41.0 Å². The highest BCUT2D eigenvalue weighted by Gasteiger charge is 2.23. The van der Waals surface area contributed by atoms with Crippen molar-refractivity contribution in [2.45, 2.75) is 39.2 Å². The lowest BCUT2D eigenvalue weighted by Gasteiger charge is -2.27. The lowest BCUT2D eigenvalue weighted by atomic mass is 10.1. The Bertz CT molecular complexity index is 453. The van der Waals surface area contributed by atoms with E-state index < -0.39 is 0 Å². The largest absolute Gasteiger partial charge is 0.339 e. The van der Waals surface area contributed by atoms with Gasteiger partial charge in [-0.3, -0.25) is 4.79 Å². The molecular weight excluding hydrogens is 240 g/mol. The standard InChI is InChI=1S/C14H22N4O/c1-10-9-13(11(2)17-16-10)14(19)18(3)12-5-4-7-15-8-6-12/h9,12,15H,4-8H2,1-3H3. The van der Waals surface area contributed by atoms with Gasteiger partial charge in [-0.25, -0.2) is 0 Å². The molecule has 0 spiro atoms. The van der Waals surface area contributed by atoms with Crippen LogP contribution >= 0.6 is 0 Å². The Morgan fingerprint density at radius 3 is 2.89 bits per heavy atom. The maximum absolute atomic E-state index is 12.6. The van der Waals surface area contributed by atoms with Gasteiger partial charge in [0.15, 0.2) is 0 Å². The minimum absolute atomic E-state index is 0.0578. The van der Waals surface area contributed by atoms with Gasteiger partial charge in [-0.05, 0) is 52.3 Å². The lowest BCUT2D eigenvalue weighted by Crippen LogP contribution is -2.38. The van der Waals surface area contributed by atoms with Crippen molar-refractivity contribution >= 4 is 5.91 Å². The number of nitrogens with zero attached hydrogens (tertiary/aromatic N) is 3. The highest BCUT2D eigenvalue weighted by Crippen LogP contribution is 2.16. The van der Waals surface area contributed by atoms with E-state index in [2.05, 4.69) is 15.5 Å². The average molecular weight is 262 g/mol. The van der Waals surface area contributed by atoms with Crippen molar-refractivity contribution < 1.29 is 4.79 Å². The fourth-order valence-corrected chi connectivity index (χ4v) is 2.51. The van der Waals surface area contributed by atoms with Gasteiger partial charge >= 0.3 is 0 Å². The highest BCUT2D eigenvalue weighted by atomic mass is 16.2. The predicted octanol–water partition coefficient (Wildman–Crippen LogP) is 1.31. The number of aromatic nitrogens is 2. The van der Waals surface area contributed by atoms with Crippen LogP contribution in [-0.4, -0.2) is 47.2 Å². The second kappa shape index (κ2) is 6.10. The summed E-state index contributed by atoms with van der Waals surface area (Å²) in [6.45, 7) is 5.73. The SMILES string of the molecule is Cc1cc(C(=O)N(C)C2CCCNCC2)c(C)nn1. The molecule has 0 radical (unpaired) electrons. The second-order valence-electron chi connectivity index (χ2n) is 5.24. The Labute approximate surface area is 114 Å².